The normalized spacial score (nSPS) is 10.8. The van der Waals surface area contributed by atoms with Crippen molar-refractivity contribution in [3.63, 3.8) is 0 Å². The molecule has 2 aromatic carbocycles. The predicted molar refractivity (Wildman–Crippen MR) is 90.3 cm³/mol. The van der Waals surface area contributed by atoms with Crippen LogP contribution in [0.15, 0.2) is 36.7 Å². The first kappa shape index (κ1) is 14.8. The van der Waals surface area contributed by atoms with Gasteiger partial charge in [0.25, 0.3) is 0 Å². The van der Waals surface area contributed by atoms with Gasteiger partial charge in [-0.3, -0.25) is 0 Å². The first-order valence-electron chi connectivity index (χ1n) is 6.36. The van der Waals surface area contributed by atoms with Crippen LogP contribution in [-0.4, -0.2) is 20.2 Å². The summed E-state index contributed by atoms with van der Waals surface area (Å²) in [4.78, 5) is 8.19. The van der Waals surface area contributed by atoms with E-state index >= 15 is 0 Å². The average molecular weight is 411 g/mol. The maximum absolute atomic E-state index is 13.5. The molecule has 112 valence electrons. The van der Waals surface area contributed by atoms with Gasteiger partial charge in [-0.1, -0.05) is 22.6 Å². The fourth-order valence-electron chi connectivity index (χ4n) is 2.07. The minimum absolute atomic E-state index is 0.244. The zero-order valence-electron chi connectivity index (χ0n) is 11.2. The zero-order valence-corrected chi connectivity index (χ0v) is 13.4. The molecule has 5 nitrogen and oxygen atoms in total. The molecule has 0 saturated heterocycles. The van der Waals surface area contributed by atoms with Crippen LogP contribution in [0.4, 0.5) is 15.9 Å². The van der Waals surface area contributed by atoms with Gasteiger partial charge < -0.3 is 15.5 Å². The number of hydrogen-bond donors (Lipinski definition) is 3. The van der Waals surface area contributed by atoms with Crippen LogP contribution in [0.25, 0.3) is 10.9 Å². The molecule has 1 heterocycles. The molecule has 3 N–H and O–H groups in total. The first-order valence-corrected chi connectivity index (χ1v) is 7.89. The van der Waals surface area contributed by atoms with Crippen molar-refractivity contribution in [2.45, 2.75) is 4.43 Å². The third-order valence-electron chi connectivity index (χ3n) is 3.18. The number of rotatable bonds is 3. The predicted octanol–water partition coefficient (Wildman–Crippen LogP) is 3.86. The number of alkyl halides is 1. The Hall–Kier alpha value is -2.16. The Morgan fingerprint density at radius 3 is 2.64 bits per heavy atom. The average Bonchev–Trinajstić information content (AvgIpc) is 2.51. The van der Waals surface area contributed by atoms with E-state index in [2.05, 4.69) is 37.9 Å². The van der Waals surface area contributed by atoms with Crippen LogP contribution in [-0.2, 0) is 4.43 Å². The molecule has 0 spiro atoms. The standard InChI is InChI=1S/C15H11FIN3O2/c16-11-2-1-9(3-8(11)6-17)20-15-10-4-13(21)14(22)5-12(10)18-7-19-15/h1-5,7,21-22H,6H2,(H,18,19,20). The highest BCUT2D eigenvalue weighted by Crippen LogP contribution is 2.33. The van der Waals surface area contributed by atoms with Gasteiger partial charge in [-0.15, -0.1) is 0 Å². The Bertz CT molecular complexity index is 858. The molecule has 7 heteroatoms. The summed E-state index contributed by atoms with van der Waals surface area (Å²) in [5.41, 5.74) is 1.76. The topological polar surface area (TPSA) is 78.3 Å². The fourth-order valence-corrected chi connectivity index (χ4v) is 2.66. The lowest BCUT2D eigenvalue weighted by atomic mass is 10.2. The van der Waals surface area contributed by atoms with Crippen molar-refractivity contribution in [1.82, 2.24) is 9.97 Å². The smallest absolute Gasteiger partial charge is 0.159 e. The number of aromatic hydroxyl groups is 2. The number of benzene rings is 2. The second-order valence-electron chi connectivity index (χ2n) is 4.65. The van der Waals surface area contributed by atoms with Crippen LogP contribution in [0.5, 0.6) is 11.5 Å². The maximum atomic E-state index is 13.5. The molecule has 0 aliphatic heterocycles. The van der Waals surface area contributed by atoms with Gasteiger partial charge in [0, 0.05) is 21.6 Å². The van der Waals surface area contributed by atoms with Gasteiger partial charge in [-0.2, -0.15) is 0 Å². The summed E-state index contributed by atoms with van der Waals surface area (Å²) in [5.74, 6) is -0.287. The van der Waals surface area contributed by atoms with E-state index in [0.717, 1.165) is 0 Å². The molecular formula is C15H11FIN3O2. The quantitative estimate of drug-likeness (QED) is 0.347. The number of fused-ring (bicyclic) bond motifs is 1. The zero-order chi connectivity index (χ0) is 15.7. The van der Waals surface area contributed by atoms with Gasteiger partial charge in [0.05, 0.1) is 5.52 Å². The Morgan fingerprint density at radius 2 is 1.86 bits per heavy atom. The molecule has 3 aromatic rings. The maximum Gasteiger partial charge on any atom is 0.159 e. The third kappa shape index (κ3) is 2.76. The Labute approximate surface area is 139 Å². The number of aromatic nitrogens is 2. The van der Waals surface area contributed by atoms with Crippen molar-refractivity contribution in [2.24, 2.45) is 0 Å². The van der Waals surface area contributed by atoms with E-state index in [1.807, 2.05) is 0 Å². The van der Waals surface area contributed by atoms with E-state index in [1.54, 1.807) is 12.1 Å². The van der Waals surface area contributed by atoms with Crippen LogP contribution < -0.4 is 5.32 Å². The molecule has 22 heavy (non-hydrogen) atoms. The van der Waals surface area contributed by atoms with Crippen molar-refractivity contribution in [1.29, 1.82) is 0 Å². The third-order valence-corrected chi connectivity index (χ3v) is 4.01. The van der Waals surface area contributed by atoms with Gasteiger partial charge in [-0.25, -0.2) is 14.4 Å². The lowest BCUT2D eigenvalue weighted by molar-refractivity contribution is 0.405. The summed E-state index contributed by atoms with van der Waals surface area (Å²) in [6.45, 7) is 0. The van der Waals surface area contributed by atoms with E-state index < -0.39 is 0 Å². The fraction of sp³-hybridized carbons (Fsp3) is 0.0667. The molecule has 0 aliphatic carbocycles. The molecule has 0 unspecified atom stereocenters. The van der Waals surface area contributed by atoms with Gasteiger partial charge in [0.15, 0.2) is 11.5 Å². The second-order valence-corrected chi connectivity index (χ2v) is 5.41. The number of phenols is 2. The van der Waals surface area contributed by atoms with Crippen LogP contribution in [0, 0.1) is 5.82 Å². The van der Waals surface area contributed by atoms with Crippen molar-refractivity contribution >= 4 is 45.0 Å². The molecule has 0 aliphatic rings. The lowest BCUT2D eigenvalue weighted by Crippen LogP contribution is -1.97. The number of phenolic OH excluding ortho intramolecular Hbond substituents is 2. The van der Waals surface area contributed by atoms with Crippen LogP contribution >= 0.6 is 22.6 Å². The number of nitrogens with one attached hydrogen (secondary N) is 1. The SMILES string of the molecule is Oc1cc2ncnc(Nc3ccc(F)c(CI)c3)c2cc1O. The second kappa shape index (κ2) is 5.91. The van der Waals surface area contributed by atoms with Crippen LogP contribution in [0.1, 0.15) is 5.56 Å². The van der Waals surface area contributed by atoms with E-state index in [9.17, 15) is 14.6 Å². The van der Waals surface area contributed by atoms with Gasteiger partial charge in [0.1, 0.15) is 18.0 Å². The number of anilines is 2. The van der Waals surface area contributed by atoms with Crippen molar-refractivity contribution < 1.29 is 14.6 Å². The molecule has 3 rings (SSSR count). The summed E-state index contributed by atoms with van der Waals surface area (Å²) in [5, 5.41) is 22.8. The van der Waals surface area contributed by atoms with Gasteiger partial charge in [0.2, 0.25) is 0 Å². The summed E-state index contributed by atoms with van der Waals surface area (Å²) in [6, 6.07) is 7.45. The number of halogens is 2. The number of nitrogens with zero attached hydrogens (tertiary/aromatic N) is 2. The molecule has 0 amide bonds. The summed E-state index contributed by atoms with van der Waals surface area (Å²) in [6.07, 6.45) is 1.35. The van der Waals surface area contributed by atoms with Crippen molar-refractivity contribution in [3.05, 3.63) is 48.0 Å². The van der Waals surface area contributed by atoms with Gasteiger partial charge >= 0.3 is 0 Å². The highest BCUT2D eigenvalue weighted by Gasteiger charge is 2.10. The highest BCUT2D eigenvalue weighted by molar-refractivity contribution is 14.1. The minimum atomic E-state index is -0.255. The van der Waals surface area contributed by atoms with Gasteiger partial charge in [-0.05, 0) is 29.8 Å². The van der Waals surface area contributed by atoms with Crippen LogP contribution in [0.2, 0.25) is 0 Å². The Balaban J connectivity index is 2.05. The van der Waals surface area contributed by atoms with Crippen molar-refractivity contribution in [3.8, 4) is 11.5 Å². The lowest BCUT2D eigenvalue weighted by Gasteiger charge is -2.10. The van der Waals surface area contributed by atoms with Crippen LogP contribution in [0.3, 0.4) is 0 Å². The molecule has 0 bridgehead atoms. The summed E-state index contributed by atoms with van der Waals surface area (Å²) >= 11 is 2.09. The molecule has 0 fully saturated rings. The molecule has 0 atom stereocenters. The Morgan fingerprint density at radius 1 is 1.09 bits per heavy atom. The van der Waals surface area contributed by atoms with E-state index in [0.29, 0.717) is 32.4 Å². The molecular weight excluding hydrogens is 400 g/mol. The largest absolute Gasteiger partial charge is 0.504 e. The molecule has 1 aromatic heterocycles. The molecule has 0 saturated carbocycles. The Kier molecular flexibility index (Phi) is 3.97. The first-order chi connectivity index (χ1) is 10.6. The van der Waals surface area contributed by atoms with E-state index in [4.69, 9.17) is 0 Å². The van der Waals surface area contributed by atoms with E-state index in [-0.39, 0.29) is 17.3 Å². The minimum Gasteiger partial charge on any atom is -0.504 e. The monoisotopic (exact) mass is 411 g/mol. The molecule has 0 radical (unpaired) electrons. The highest BCUT2D eigenvalue weighted by atomic mass is 127. The summed E-state index contributed by atoms with van der Waals surface area (Å²) < 4.78 is 14.1. The van der Waals surface area contributed by atoms with Crippen molar-refractivity contribution in [2.75, 3.05) is 5.32 Å². The number of hydrogen-bond acceptors (Lipinski definition) is 5. The summed E-state index contributed by atoms with van der Waals surface area (Å²) in [7, 11) is 0. The van der Waals surface area contributed by atoms with E-state index in [1.165, 1.54) is 24.5 Å².